The summed E-state index contributed by atoms with van der Waals surface area (Å²) in [5.74, 6) is 1.04. The van der Waals surface area contributed by atoms with Crippen molar-refractivity contribution in [3.8, 4) is 23.0 Å². The lowest BCUT2D eigenvalue weighted by atomic mass is 10.1. The fourth-order valence-corrected chi connectivity index (χ4v) is 2.04. The number of phenols is 1. The van der Waals surface area contributed by atoms with Crippen LogP contribution in [0.3, 0.4) is 0 Å². The molecule has 6 heteroatoms. The van der Waals surface area contributed by atoms with Gasteiger partial charge in [0.05, 0.1) is 31.1 Å². The fraction of sp³-hybridized carbons (Fsp3) is 0.364. The van der Waals surface area contributed by atoms with Crippen molar-refractivity contribution in [3.05, 3.63) is 11.6 Å². The number of ether oxygens (including phenoxy) is 3. The number of thiocarbonyl (C=S) groups is 1. The SMILES string of the molecule is COc1cc(O)c(OC)c(OC)c1C(=S)SC. The second-order valence-electron chi connectivity index (χ2n) is 3.03. The minimum Gasteiger partial charge on any atom is -0.504 e. The highest BCUT2D eigenvalue weighted by Gasteiger charge is 2.22. The van der Waals surface area contributed by atoms with E-state index >= 15 is 0 Å². The summed E-state index contributed by atoms with van der Waals surface area (Å²) in [4.78, 5) is 0. The van der Waals surface area contributed by atoms with Gasteiger partial charge in [-0.25, -0.2) is 0 Å². The number of hydrogen-bond donors (Lipinski definition) is 1. The van der Waals surface area contributed by atoms with E-state index in [1.165, 1.54) is 39.2 Å². The van der Waals surface area contributed by atoms with Gasteiger partial charge < -0.3 is 19.3 Å². The van der Waals surface area contributed by atoms with Crippen LogP contribution in [-0.4, -0.2) is 36.9 Å². The molecule has 0 radical (unpaired) electrons. The second-order valence-corrected chi connectivity index (χ2v) is 4.51. The van der Waals surface area contributed by atoms with E-state index in [2.05, 4.69) is 0 Å². The Balaban J connectivity index is 3.56. The smallest absolute Gasteiger partial charge is 0.204 e. The molecule has 0 heterocycles. The van der Waals surface area contributed by atoms with Crippen LogP contribution in [-0.2, 0) is 0 Å². The third kappa shape index (κ3) is 2.58. The molecule has 4 nitrogen and oxygen atoms in total. The van der Waals surface area contributed by atoms with Gasteiger partial charge in [0.15, 0.2) is 11.5 Å². The minimum absolute atomic E-state index is 0.0474. The van der Waals surface area contributed by atoms with Crippen molar-refractivity contribution >= 4 is 28.2 Å². The summed E-state index contributed by atoms with van der Waals surface area (Å²) in [6.07, 6.45) is 1.86. The average molecular weight is 274 g/mol. The minimum atomic E-state index is -0.0474. The number of methoxy groups -OCH3 is 3. The van der Waals surface area contributed by atoms with Crippen molar-refractivity contribution in [2.75, 3.05) is 27.6 Å². The Morgan fingerprint density at radius 2 is 1.76 bits per heavy atom. The number of rotatable bonds is 4. The molecule has 0 saturated heterocycles. The predicted octanol–water partition coefficient (Wildman–Crippen LogP) is 2.46. The van der Waals surface area contributed by atoms with Crippen LogP contribution in [0.25, 0.3) is 0 Å². The molecule has 0 bridgehead atoms. The number of thioether (sulfide) groups is 1. The molecule has 1 rings (SSSR count). The van der Waals surface area contributed by atoms with Gasteiger partial charge in [-0.05, 0) is 6.26 Å². The van der Waals surface area contributed by atoms with Crippen molar-refractivity contribution in [2.24, 2.45) is 0 Å². The third-order valence-electron chi connectivity index (χ3n) is 2.20. The van der Waals surface area contributed by atoms with Crippen LogP contribution < -0.4 is 14.2 Å². The first-order chi connectivity index (χ1) is 8.10. The molecule has 0 fully saturated rings. The monoisotopic (exact) mass is 274 g/mol. The van der Waals surface area contributed by atoms with Gasteiger partial charge in [0, 0.05) is 6.07 Å². The van der Waals surface area contributed by atoms with Gasteiger partial charge in [-0.1, -0.05) is 12.2 Å². The molecule has 17 heavy (non-hydrogen) atoms. The molecule has 0 aliphatic heterocycles. The molecule has 1 aromatic carbocycles. The first-order valence-electron chi connectivity index (χ1n) is 4.70. The highest BCUT2D eigenvalue weighted by molar-refractivity contribution is 8.23. The molecular weight excluding hydrogens is 260 g/mol. The first kappa shape index (κ1) is 13.9. The normalized spacial score (nSPS) is 9.88. The molecule has 0 amide bonds. The summed E-state index contributed by atoms with van der Waals surface area (Å²) >= 11 is 6.64. The van der Waals surface area contributed by atoms with Crippen LogP contribution in [0.1, 0.15) is 5.56 Å². The molecular formula is C11H14O4S2. The summed E-state index contributed by atoms with van der Waals surface area (Å²) in [6, 6.07) is 1.46. The number of aromatic hydroxyl groups is 1. The van der Waals surface area contributed by atoms with Crippen LogP contribution in [0.2, 0.25) is 0 Å². The van der Waals surface area contributed by atoms with Gasteiger partial charge in [-0.2, -0.15) is 0 Å². The Morgan fingerprint density at radius 1 is 1.18 bits per heavy atom. The fourth-order valence-electron chi connectivity index (χ4n) is 1.45. The van der Waals surface area contributed by atoms with E-state index in [4.69, 9.17) is 26.4 Å². The van der Waals surface area contributed by atoms with Crippen LogP contribution in [0, 0.1) is 0 Å². The van der Waals surface area contributed by atoms with E-state index in [-0.39, 0.29) is 11.5 Å². The first-order valence-corrected chi connectivity index (χ1v) is 6.34. The number of hydrogen-bond acceptors (Lipinski definition) is 6. The van der Waals surface area contributed by atoms with Crippen LogP contribution in [0.5, 0.6) is 23.0 Å². The molecule has 0 aromatic heterocycles. The largest absolute Gasteiger partial charge is 0.504 e. The standard InChI is InChI=1S/C11H14O4S2/c1-13-7-5-6(12)9(14-2)10(15-3)8(7)11(16)17-4/h5,12H,1-4H3. The lowest BCUT2D eigenvalue weighted by Gasteiger charge is -2.17. The Bertz CT molecular complexity index is 432. The third-order valence-corrected chi connectivity index (χ3v) is 3.48. The molecule has 0 aliphatic rings. The summed E-state index contributed by atoms with van der Waals surface area (Å²) in [6.45, 7) is 0. The van der Waals surface area contributed by atoms with E-state index in [0.29, 0.717) is 21.3 Å². The second kappa shape index (κ2) is 5.97. The summed E-state index contributed by atoms with van der Waals surface area (Å²) < 4.78 is 16.2. The zero-order chi connectivity index (χ0) is 13.0. The van der Waals surface area contributed by atoms with Crippen molar-refractivity contribution < 1.29 is 19.3 Å². The average Bonchev–Trinajstić information content (AvgIpc) is 2.36. The molecule has 0 spiro atoms. The van der Waals surface area contributed by atoms with E-state index in [0.717, 1.165) is 0 Å². The maximum atomic E-state index is 9.78. The summed E-state index contributed by atoms with van der Waals surface area (Å²) in [5, 5.41) is 9.78. The van der Waals surface area contributed by atoms with Crippen molar-refractivity contribution in [1.29, 1.82) is 0 Å². The Kier molecular flexibility index (Phi) is 4.89. The lowest BCUT2D eigenvalue weighted by molar-refractivity contribution is 0.326. The zero-order valence-corrected chi connectivity index (χ0v) is 11.7. The van der Waals surface area contributed by atoms with Crippen LogP contribution in [0.4, 0.5) is 0 Å². The molecule has 0 unspecified atom stereocenters. The molecule has 0 aliphatic carbocycles. The summed E-state index contributed by atoms with van der Waals surface area (Å²) in [7, 11) is 4.45. The van der Waals surface area contributed by atoms with E-state index < -0.39 is 0 Å². The molecule has 1 aromatic rings. The number of phenolic OH excluding ortho intramolecular Hbond substituents is 1. The van der Waals surface area contributed by atoms with Gasteiger partial charge in [-0.3, -0.25) is 0 Å². The number of benzene rings is 1. The van der Waals surface area contributed by atoms with Crippen LogP contribution >= 0.6 is 24.0 Å². The highest BCUT2D eigenvalue weighted by Crippen LogP contribution is 2.45. The Hall–Kier alpha value is -1.14. The predicted molar refractivity (Wildman–Crippen MR) is 73.0 cm³/mol. The molecule has 1 N–H and O–H groups in total. The van der Waals surface area contributed by atoms with E-state index in [1.807, 2.05) is 6.26 Å². The van der Waals surface area contributed by atoms with Gasteiger partial charge in [0.1, 0.15) is 5.75 Å². The summed E-state index contributed by atoms with van der Waals surface area (Å²) in [5.41, 5.74) is 0.618. The molecule has 0 saturated carbocycles. The van der Waals surface area contributed by atoms with Gasteiger partial charge >= 0.3 is 0 Å². The molecule has 0 atom stereocenters. The van der Waals surface area contributed by atoms with Gasteiger partial charge in [0.2, 0.25) is 5.75 Å². The maximum Gasteiger partial charge on any atom is 0.204 e. The van der Waals surface area contributed by atoms with E-state index in [9.17, 15) is 5.11 Å². The van der Waals surface area contributed by atoms with Crippen molar-refractivity contribution in [1.82, 2.24) is 0 Å². The van der Waals surface area contributed by atoms with E-state index in [1.54, 1.807) is 0 Å². The Morgan fingerprint density at radius 3 is 2.18 bits per heavy atom. The van der Waals surface area contributed by atoms with Crippen molar-refractivity contribution in [3.63, 3.8) is 0 Å². The highest BCUT2D eigenvalue weighted by atomic mass is 32.2. The van der Waals surface area contributed by atoms with Crippen LogP contribution in [0.15, 0.2) is 6.07 Å². The zero-order valence-electron chi connectivity index (χ0n) is 10.1. The van der Waals surface area contributed by atoms with Crippen molar-refractivity contribution in [2.45, 2.75) is 0 Å². The topological polar surface area (TPSA) is 47.9 Å². The van der Waals surface area contributed by atoms with Gasteiger partial charge in [-0.15, -0.1) is 11.8 Å². The Labute approximate surface area is 110 Å². The maximum absolute atomic E-state index is 9.78. The lowest BCUT2D eigenvalue weighted by Crippen LogP contribution is -2.03. The molecule has 94 valence electrons. The quantitative estimate of drug-likeness (QED) is 0.851. The van der Waals surface area contributed by atoms with Gasteiger partial charge in [0.25, 0.3) is 0 Å².